The molecule has 148 valence electrons. The highest BCUT2D eigenvalue weighted by molar-refractivity contribution is 6.31. The maximum Gasteiger partial charge on any atom is 0.315 e. The van der Waals surface area contributed by atoms with Crippen LogP contribution in [0, 0.1) is 0 Å². The van der Waals surface area contributed by atoms with E-state index in [0.29, 0.717) is 25.5 Å². The summed E-state index contributed by atoms with van der Waals surface area (Å²) in [6.07, 6.45) is 3.20. The standard InChI is InChI=1S/C22H25ClN2O3/c23-18-6-2-1-5-17(18)22(10-12-28-13-11-22)14-24-21(27)25-19-9-8-16-15(19)4-3-7-20(16)26/h1-7,19,26H,8-14H2,(H2,24,25,27). The number of urea groups is 1. The van der Waals surface area contributed by atoms with Crippen LogP contribution in [-0.4, -0.2) is 30.9 Å². The molecule has 6 heteroatoms. The fourth-order valence-corrected chi connectivity index (χ4v) is 4.77. The van der Waals surface area contributed by atoms with Crippen LogP contribution in [-0.2, 0) is 16.6 Å². The summed E-state index contributed by atoms with van der Waals surface area (Å²) in [5, 5.41) is 16.8. The van der Waals surface area contributed by atoms with Crippen molar-refractivity contribution in [3.63, 3.8) is 0 Å². The molecule has 1 aliphatic heterocycles. The minimum Gasteiger partial charge on any atom is -0.508 e. The van der Waals surface area contributed by atoms with E-state index in [1.54, 1.807) is 6.07 Å². The van der Waals surface area contributed by atoms with E-state index in [9.17, 15) is 9.90 Å². The third kappa shape index (κ3) is 3.69. The minimum atomic E-state index is -0.222. The molecular formula is C22H25ClN2O3. The Bertz CT molecular complexity index is 865. The molecule has 2 amide bonds. The zero-order valence-corrected chi connectivity index (χ0v) is 16.5. The molecule has 3 N–H and O–H groups in total. The summed E-state index contributed by atoms with van der Waals surface area (Å²) in [6.45, 7) is 1.82. The Hall–Kier alpha value is -2.24. The van der Waals surface area contributed by atoms with Crippen molar-refractivity contribution < 1.29 is 14.6 Å². The van der Waals surface area contributed by atoms with E-state index in [1.165, 1.54) is 0 Å². The SMILES string of the molecule is O=C(NCC1(c2ccccc2Cl)CCOCC1)NC1CCc2c(O)cccc21. The first-order chi connectivity index (χ1) is 13.6. The smallest absolute Gasteiger partial charge is 0.315 e. The van der Waals surface area contributed by atoms with Crippen molar-refractivity contribution in [1.82, 2.24) is 10.6 Å². The van der Waals surface area contributed by atoms with Crippen LogP contribution in [0.15, 0.2) is 42.5 Å². The van der Waals surface area contributed by atoms with Gasteiger partial charge in [-0.2, -0.15) is 0 Å². The number of nitrogens with one attached hydrogen (secondary N) is 2. The summed E-state index contributed by atoms with van der Waals surface area (Å²) in [7, 11) is 0. The van der Waals surface area contributed by atoms with Crippen LogP contribution in [0.25, 0.3) is 0 Å². The van der Waals surface area contributed by atoms with Gasteiger partial charge in [-0.05, 0) is 54.5 Å². The van der Waals surface area contributed by atoms with Crippen molar-refractivity contribution in [3.05, 3.63) is 64.2 Å². The first-order valence-corrected chi connectivity index (χ1v) is 10.1. The van der Waals surface area contributed by atoms with Gasteiger partial charge in [-0.3, -0.25) is 0 Å². The number of aromatic hydroxyl groups is 1. The second-order valence-electron chi connectivity index (χ2n) is 7.64. The highest BCUT2D eigenvalue weighted by Gasteiger charge is 2.36. The maximum atomic E-state index is 12.6. The Balaban J connectivity index is 1.45. The number of halogens is 1. The van der Waals surface area contributed by atoms with Gasteiger partial charge in [0.2, 0.25) is 0 Å². The lowest BCUT2D eigenvalue weighted by atomic mass is 9.74. The second-order valence-corrected chi connectivity index (χ2v) is 8.04. The number of phenolic OH excluding ortho intramolecular Hbond substituents is 1. The molecule has 1 aliphatic carbocycles. The van der Waals surface area contributed by atoms with Crippen molar-refractivity contribution in [2.75, 3.05) is 19.8 Å². The molecule has 4 rings (SSSR count). The van der Waals surface area contributed by atoms with Gasteiger partial charge in [-0.25, -0.2) is 4.79 Å². The lowest BCUT2D eigenvalue weighted by Gasteiger charge is -2.38. The van der Waals surface area contributed by atoms with Crippen LogP contribution in [0.4, 0.5) is 4.79 Å². The predicted octanol–water partition coefficient (Wildman–Crippen LogP) is 4.08. The van der Waals surface area contributed by atoms with E-state index in [1.807, 2.05) is 36.4 Å². The Morgan fingerprint density at radius 1 is 1.18 bits per heavy atom. The molecule has 2 aromatic carbocycles. The molecule has 1 fully saturated rings. The molecule has 2 aliphatic rings. The van der Waals surface area contributed by atoms with Crippen LogP contribution < -0.4 is 10.6 Å². The number of fused-ring (bicyclic) bond motifs is 1. The molecule has 5 nitrogen and oxygen atoms in total. The van der Waals surface area contributed by atoms with Gasteiger partial charge in [0, 0.05) is 30.2 Å². The lowest BCUT2D eigenvalue weighted by molar-refractivity contribution is 0.0507. The topological polar surface area (TPSA) is 70.6 Å². The Morgan fingerprint density at radius 3 is 2.75 bits per heavy atom. The highest BCUT2D eigenvalue weighted by Crippen LogP contribution is 2.38. The summed E-state index contributed by atoms with van der Waals surface area (Å²) in [5.41, 5.74) is 2.78. The molecule has 0 aromatic heterocycles. The molecule has 0 spiro atoms. The normalized spacial score (nSPS) is 20.4. The Morgan fingerprint density at radius 2 is 1.96 bits per heavy atom. The number of hydrogen-bond acceptors (Lipinski definition) is 3. The Kier molecular flexibility index (Phi) is 5.47. The first kappa shape index (κ1) is 19.1. The molecule has 0 radical (unpaired) electrons. The van der Waals surface area contributed by atoms with Crippen LogP contribution in [0.5, 0.6) is 5.75 Å². The summed E-state index contributed by atoms with van der Waals surface area (Å²) in [6, 6.07) is 13.1. The molecule has 1 unspecified atom stereocenters. The van der Waals surface area contributed by atoms with Gasteiger partial charge in [-0.1, -0.05) is 41.9 Å². The minimum absolute atomic E-state index is 0.0759. The molecule has 1 atom stereocenters. The molecular weight excluding hydrogens is 376 g/mol. The summed E-state index contributed by atoms with van der Waals surface area (Å²) >= 11 is 6.48. The number of carbonyl (C=O) groups excluding carboxylic acids is 1. The van der Waals surface area contributed by atoms with E-state index in [0.717, 1.165) is 47.4 Å². The van der Waals surface area contributed by atoms with Gasteiger partial charge < -0.3 is 20.5 Å². The number of phenols is 1. The average Bonchev–Trinajstić information content (AvgIpc) is 3.12. The van der Waals surface area contributed by atoms with Crippen LogP contribution in [0.3, 0.4) is 0 Å². The van der Waals surface area contributed by atoms with Gasteiger partial charge in [0.25, 0.3) is 0 Å². The molecule has 1 heterocycles. The summed E-state index contributed by atoms with van der Waals surface area (Å²) in [5.74, 6) is 0.307. The number of carbonyl (C=O) groups is 1. The predicted molar refractivity (Wildman–Crippen MR) is 109 cm³/mol. The monoisotopic (exact) mass is 400 g/mol. The van der Waals surface area contributed by atoms with Crippen molar-refractivity contribution in [2.24, 2.45) is 0 Å². The van der Waals surface area contributed by atoms with Crippen LogP contribution in [0.2, 0.25) is 5.02 Å². The van der Waals surface area contributed by atoms with Crippen molar-refractivity contribution >= 4 is 17.6 Å². The molecule has 2 aromatic rings. The van der Waals surface area contributed by atoms with Gasteiger partial charge in [-0.15, -0.1) is 0 Å². The second kappa shape index (κ2) is 8.02. The van der Waals surface area contributed by atoms with Crippen molar-refractivity contribution in [1.29, 1.82) is 0 Å². The number of amides is 2. The van der Waals surface area contributed by atoms with Gasteiger partial charge in [0.05, 0.1) is 6.04 Å². The molecule has 0 saturated carbocycles. The fourth-order valence-electron chi connectivity index (χ4n) is 4.44. The first-order valence-electron chi connectivity index (χ1n) is 9.77. The van der Waals surface area contributed by atoms with Crippen molar-refractivity contribution in [2.45, 2.75) is 37.1 Å². The lowest BCUT2D eigenvalue weighted by Crippen LogP contribution is -2.48. The zero-order chi connectivity index (χ0) is 19.6. The van der Waals surface area contributed by atoms with Crippen LogP contribution >= 0.6 is 11.6 Å². The average molecular weight is 401 g/mol. The quantitative estimate of drug-likeness (QED) is 0.724. The number of benzene rings is 2. The molecule has 28 heavy (non-hydrogen) atoms. The van der Waals surface area contributed by atoms with Crippen LogP contribution in [0.1, 0.15) is 42.0 Å². The van der Waals surface area contributed by atoms with Crippen molar-refractivity contribution in [3.8, 4) is 5.75 Å². The van der Waals surface area contributed by atoms with E-state index in [2.05, 4.69) is 10.6 Å². The van der Waals surface area contributed by atoms with Gasteiger partial charge >= 0.3 is 6.03 Å². The van der Waals surface area contributed by atoms with Gasteiger partial charge in [0.15, 0.2) is 0 Å². The molecule has 1 saturated heterocycles. The summed E-state index contributed by atoms with van der Waals surface area (Å²) < 4.78 is 5.56. The largest absolute Gasteiger partial charge is 0.508 e. The third-order valence-corrected chi connectivity index (χ3v) is 6.36. The van der Waals surface area contributed by atoms with E-state index in [-0.39, 0.29) is 17.5 Å². The van der Waals surface area contributed by atoms with E-state index in [4.69, 9.17) is 16.3 Å². The fraction of sp³-hybridized carbons (Fsp3) is 0.409. The van der Waals surface area contributed by atoms with E-state index >= 15 is 0 Å². The number of ether oxygens (including phenoxy) is 1. The van der Waals surface area contributed by atoms with Gasteiger partial charge in [0.1, 0.15) is 5.75 Å². The maximum absolute atomic E-state index is 12.6. The highest BCUT2D eigenvalue weighted by atomic mass is 35.5. The number of hydrogen-bond donors (Lipinski definition) is 3. The zero-order valence-electron chi connectivity index (χ0n) is 15.7. The molecule has 0 bridgehead atoms. The van der Waals surface area contributed by atoms with E-state index < -0.39 is 0 Å². The Labute approximate surface area is 170 Å². The third-order valence-electron chi connectivity index (χ3n) is 6.03. The summed E-state index contributed by atoms with van der Waals surface area (Å²) in [4.78, 5) is 12.6. The number of rotatable bonds is 4.